The molecule has 3 fully saturated rings. The number of hydrogen-bond donors (Lipinski definition) is 4. The molecule has 234 valence electrons. The number of carbonyl (C=O) groups is 3. The molecule has 1 aromatic rings. The number of hydrogen-bond acceptors (Lipinski definition) is 7. The van der Waals surface area contributed by atoms with E-state index in [-0.39, 0.29) is 36.5 Å². The molecule has 10 nitrogen and oxygen atoms in total. The Morgan fingerprint density at radius 1 is 1.02 bits per heavy atom. The van der Waals surface area contributed by atoms with Gasteiger partial charge in [-0.3, -0.25) is 19.3 Å². The molecule has 10 heteroatoms. The molecule has 0 bridgehead atoms. The molecule has 3 aliphatic rings. The zero-order chi connectivity index (χ0) is 30.3. The average molecular weight is 586 g/mol. The van der Waals surface area contributed by atoms with Crippen LogP contribution in [0.4, 0.5) is 0 Å². The zero-order valence-electron chi connectivity index (χ0n) is 25.9. The molecule has 4 atom stereocenters. The fourth-order valence-electron chi connectivity index (χ4n) is 6.82. The summed E-state index contributed by atoms with van der Waals surface area (Å²) in [7, 11) is 1.66. The summed E-state index contributed by atoms with van der Waals surface area (Å²) in [6.07, 6.45) is 2.45. The molecule has 1 aromatic carbocycles. The topological polar surface area (TPSA) is 123 Å². The Labute approximate surface area is 250 Å². The molecular formula is C32H51N5O5. The number of carbonyl (C=O) groups excluding carboxylic acids is 3. The van der Waals surface area contributed by atoms with Crippen molar-refractivity contribution in [2.45, 2.75) is 96.0 Å². The maximum Gasteiger partial charge on any atom is 0.223 e. The second kappa shape index (κ2) is 14.7. The van der Waals surface area contributed by atoms with Crippen LogP contribution in [-0.4, -0.2) is 96.2 Å². The smallest absolute Gasteiger partial charge is 0.223 e. The third-order valence-corrected chi connectivity index (χ3v) is 9.56. The summed E-state index contributed by atoms with van der Waals surface area (Å²) in [6, 6.07) is 7.91. The first-order valence-corrected chi connectivity index (χ1v) is 15.7. The van der Waals surface area contributed by atoms with Gasteiger partial charge in [-0.25, -0.2) is 0 Å². The molecule has 0 aliphatic carbocycles. The molecule has 0 unspecified atom stereocenters. The van der Waals surface area contributed by atoms with Gasteiger partial charge in [0.1, 0.15) is 5.75 Å². The number of aliphatic hydroxyl groups is 1. The van der Waals surface area contributed by atoms with Crippen LogP contribution < -0.4 is 20.7 Å². The first kappa shape index (κ1) is 32.2. The van der Waals surface area contributed by atoms with Gasteiger partial charge in [0, 0.05) is 51.6 Å². The Kier molecular flexibility index (Phi) is 11.3. The molecule has 42 heavy (non-hydrogen) atoms. The van der Waals surface area contributed by atoms with E-state index < -0.39 is 17.7 Å². The number of rotatable bonds is 4. The van der Waals surface area contributed by atoms with Crippen LogP contribution in [-0.2, 0) is 20.9 Å². The summed E-state index contributed by atoms with van der Waals surface area (Å²) in [5.41, 5.74) is 0.471. The van der Waals surface area contributed by atoms with Gasteiger partial charge in [0.25, 0.3) is 0 Å². The molecule has 1 spiro atoms. The summed E-state index contributed by atoms with van der Waals surface area (Å²) in [5, 5.41) is 20.0. The van der Waals surface area contributed by atoms with Crippen LogP contribution in [0.2, 0.25) is 0 Å². The predicted molar refractivity (Wildman–Crippen MR) is 162 cm³/mol. The van der Waals surface area contributed by atoms with Gasteiger partial charge < -0.3 is 30.7 Å². The summed E-state index contributed by atoms with van der Waals surface area (Å²) < 4.78 is 5.37. The largest absolute Gasteiger partial charge is 0.497 e. The fourth-order valence-corrected chi connectivity index (χ4v) is 6.82. The number of ether oxygens (including phenoxy) is 1. The highest BCUT2D eigenvalue weighted by Gasteiger charge is 2.39. The molecule has 3 heterocycles. The van der Waals surface area contributed by atoms with Crippen LogP contribution in [0.5, 0.6) is 5.75 Å². The molecule has 3 saturated heterocycles. The quantitative estimate of drug-likeness (QED) is 0.427. The lowest BCUT2D eigenvalue weighted by molar-refractivity contribution is -0.130. The minimum atomic E-state index is -1.01. The summed E-state index contributed by atoms with van der Waals surface area (Å²) >= 11 is 0. The summed E-state index contributed by atoms with van der Waals surface area (Å²) in [4.78, 5) is 44.2. The monoisotopic (exact) mass is 585 g/mol. The van der Waals surface area contributed by atoms with Crippen LogP contribution in [0.3, 0.4) is 0 Å². The maximum atomic E-state index is 13.3. The lowest BCUT2D eigenvalue weighted by atomic mass is 9.80. The SMILES string of the molecule is COc1cccc(CN2CCC3(CC2)CC(=O)NCC[C@H]2CN(C(C)C)CC[C@H]2CC(=O)N[C@@H](C)[C@@H](O)CC(=O)N3)c1. The van der Waals surface area contributed by atoms with Crippen molar-refractivity contribution in [3.63, 3.8) is 0 Å². The summed E-state index contributed by atoms with van der Waals surface area (Å²) in [5.74, 6) is 0.884. The van der Waals surface area contributed by atoms with Gasteiger partial charge in [-0.1, -0.05) is 12.1 Å². The lowest BCUT2D eigenvalue weighted by Gasteiger charge is -2.43. The molecule has 3 amide bonds. The fraction of sp³-hybridized carbons (Fsp3) is 0.719. The van der Waals surface area contributed by atoms with Gasteiger partial charge in [0.15, 0.2) is 0 Å². The number of nitrogens with one attached hydrogen (secondary N) is 3. The molecular weight excluding hydrogens is 534 g/mol. The first-order valence-electron chi connectivity index (χ1n) is 15.7. The van der Waals surface area contributed by atoms with Crippen LogP contribution in [0.25, 0.3) is 0 Å². The third-order valence-electron chi connectivity index (χ3n) is 9.56. The van der Waals surface area contributed by atoms with Crippen molar-refractivity contribution in [1.29, 1.82) is 0 Å². The number of benzene rings is 1. The number of piperidine rings is 2. The number of fused-ring (bicyclic) bond motifs is 1. The number of amides is 3. The van der Waals surface area contributed by atoms with E-state index in [0.717, 1.165) is 56.9 Å². The minimum absolute atomic E-state index is 0.0663. The Hall–Kier alpha value is -2.69. The van der Waals surface area contributed by atoms with Gasteiger partial charge >= 0.3 is 0 Å². The van der Waals surface area contributed by atoms with Crippen molar-refractivity contribution in [2.24, 2.45) is 11.8 Å². The van der Waals surface area contributed by atoms with E-state index in [9.17, 15) is 19.5 Å². The van der Waals surface area contributed by atoms with Gasteiger partial charge in [-0.05, 0) is 82.5 Å². The highest BCUT2D eigenvalue weighted by Crippen LogP contribution is 2.31. The summed E-state index contributed by atoms with van der Waals surface area (Å²) in [6.45, 7) is 10.8. The van der Waals surface area contributed by atoms with E-state index in [1.54, 1.807) is 14.0 Å². The first-order chi connectivity index (χ1) is 20.1. The highest BCUT2D eigenvalue weighted by atomic mass is 16.5. The highest BCUT2D eigenvalue weighted by molar-refractivity contribution is 5.81. The number of aliphatic hydroxyl groups excluding tert-OH is 1. The van der Waals surface area contributed by atoms with Gasteiger partial charge in [-0.2, -0.15) is 0 Å². The van der Waals surface area contributed by atoms with Crippen molar-refractivity contribution >= 4 is 17.7 Å². The van der Waals surface area contributed by atoms with E-state index in [2.05, 4.69) is 45.7 Å². The van der Waals surface area contributed by atoms with Crippen molar-refractivity contribution in [1.82, 2.24) is 25.8 Å². The van der Waals surface area contributed by atoms with E-state index in [1.807, 2.05) is 18.2 Å². The van der Waals surface area contributed by atoms with Crippen molar-refractivity contribution in [2.75, 3.05) is 39.8 Å². The van der Waals surface area contributed by atoms with E-state index in [0.29, 0.717) is 37.8 Å². The molecule has 4 N–H and O–H groups in total. The van der Waals surface area contributed by atoms with Gasteiger partial charge in [0.2, 0.25) is 17.7 Å². The van der Waals surface area contributed by atoms with Crippen molar-refractivity contribution in [3.8, 4) is 5.75 Å². The number of methoxy groups -OCH3 is 1. The number of nitrogens with zero attached hydrogens (tertiary/aromatic N) is 2. The minimum Gasteiger partial charge on any atom is -0.497 e. The van der Waals surface area contributed by atoms with Crippen LogP contribution in [0.15, 0.2) is 24.3 Å². The standard InChI is InChI=1S/C32H51N5O5/c1-22(2)37-13-9-25-17-29(39)34-23(3)28(38)18-30(40)35-32(19-31(41)33-12-8-26(25)21-37)10-14-36(15-11-32)20-24-6-5-7-27(16-24)42-4/h5-7,16,22-23,25-26,28,38H,8-15,17-21H2,1-4H3,(H,33,41)(H,34,39)(H,35,40)/t23-,25-,26-,28-/m0/s1. The Morgan fingerprint density at radius 3 is 2.50 bits per heavy atom. The molecule has 4 rings (SSSR count). The number of likely N-dealkylation sites (tertiary alicyclic amines) is 2. The van der Waals surface area contributed by atoms with Crippen molar-refractivity contribution < 1.29 is 24.2 Å². The van der Waals surface area contributed by atoms with E-state index in [1.165, 1.54) is 0 Å². The maximum absolute atomic E-state index is 13.3. The lowest BCUT2D eigenvalue weighted by Crippen LogP contribution is -2.58. The van der Waals surface area contributed by atoms with Gasteiger partial charge in [0.05, 0.1) is 31.2 Å². The Morgan fingerprint density at radius 2 is 1.79 bits per heavy atom. The van der Waals surface area contributed by atoms with E-state index >= 15 is 0 Å². The molecule has 0 saturated carbocycles. The zero-order valence-corrected chi connectivity index (χ0v) is 25.9. The van der Waals surface area contributed by atoms with E-state index in [4.69, 9.17) is 4.74 Å². The molecule has 0 radical (unpaired) electrons. The van der Waals surface area contributed by atoms with Crippen molar-refractivity contribution in [3.05, 3.63) is 29.8 Å². The van der Waals surface area contributed by atoms with Crippen LogP contribution in [0.1, 0.15) is 71.3 Å². The average Bonchev–Trinajstić information content (AvgIpc) is 2.94. The second-order valence-electron chi connectivity index (χ2n) is 13.0. The third kappa shape index (κ3) is 8.91. The second-order valence-corrected chi connectivity index (χ2v) is 13.0. The normalized spacial score (nSPS) is 29.0. The molecule has 0 aromatic heterocycles. The predicted octanol–water partition coefficient (Wildman–Crippen LogP) is 2.05. The van der Waals surface area contributed by atoms with Crippen LogP contribution in [0, 0.1) is 11.8 Å². The van der Waals surface area contributed by atoms with Gasteiger partial charge in [-0.15, -0.1) is 0 Å². The Balaban J connectivity index is 1.45. The van der Waals surface area contributed by atoms with Crippen LogP contribution >= 0.6 is 0 Å². The Bertz CT molecular complexity index is 1070. The molecule has 3 aliphatic heterocycles.